The van der Waals surface area contributed by atoms with Gasteiger partial charge in [0.15, 0.2) is 0 Å². The molecular weight excluding hydrogens is 274 g/mol. The summed E-state index contributed by atoms with van der Waals surface area (Å²) in [6.07, 6.45) is 1.73. The molecule has 1 saturated heterocycles. The normalized spacial score (nSPS) is 19.6. The molecule has 1 aliphatic heterocycles. The molecule has 0 aromatic heterocycles. The van der Waals surface area contributed by atoms with E-state index in [2.05, 4.69) is 0 Å². The van der Waals surface area contributed by atoms with Gasteiger partial charge in [-0.1, -0.05) is 17.7 Å². The second kappa shape index (κ2) is 7.20. The van der Waals surface area contributed by atoms with Gasteiger partial charge in [-0.25, -0.2) is 0 Å². The Kier molecular flexibility index (Phi) is 5.57. The summed E-state index contributed by atoms with van der Waals surface area (Å²) in [6.45, 7) is 3.43. The minimum atomic E-state index is -0.914. The highest BCUT2D eigenvalue weighted by Gasteiger charge is 2.23. The van der Waals surface area contributed by atoms with Crippen molar-refractivity contribution >= 4 is 10.8 Å². The second-order valence-corrected chi connectivity index (χ2v) is 6.97. The van der Waals surface area contributed by atoms with Crippen LogP contribution in [0.5, 0.6) is 5.75 Å². The largest absolute Gasteiger partial charge is 0.496 e. The Morgan fingerprint density at radius 2 is 2.15 bits per heavy atom. The van der Waals surface area contributed by atoms with Crippen molar-refractivity contribution in [3.8, 4) is 5.75 Å². The fraction of sp³-hybridized carbons (Fsp3) is 0.600. The molecule has 4 nitrogen and oxygen atoms in total. The first-order valence-corrected chi connectivity index (χ1v) is 8.35. The Bertz CT molecular complexity index is 472. The number of benzene rings is 1. The number of methoxy groups -OCH3 is 1. The highest BCUT2D eigenvalue weighted by molar-refractivity contribution is 7.85. The van der Waals surface area contributed by atoms with Crippen LogP contribution in [-0.2, 0) is 15.5 Å². The molecule has 0 saturated carbocycles. The molecule has 5 heteroatoms. The fourth-order valence-corrected chi connectivity index (χ4v) is 4.01. The lowest BCUT2D eigenvalue weighted by Crippen LogP contribution is -2.30. The SMILES string of the molecule is COc1ccc(C)cc1C(N)CS(=O)C1CCOCC1. The van der Waals surface area contributed by atoms with Crippen molar-refractivity contribution in [1.29, 1.82) is 0 Å². The molecule has 2 N–H and O–H groups in total. The summed E-state index contributed by atoms with van der Waals surface area (Å²) in [4.78, 5) is 0. The molecule has 0 aliphatic carbocycles. The molecule has 0 spiro atoms. The van der Waals surface area contributed by atoms with E-state index < -0.39 is 10.8 Å². The maximum Gasteiger partial charge on any atom is 0.123 e. The van der Waals surface area contributed by atoms with Crippen LogP contribution in [0.15, 0.2) is 18.2 Å². The quantitative estimate of drug-likeness (QED) is 0.902. The third-order valence-corrected chi connectivity index (χ3v) is 5.57. The van der Waals surface area contributed by atoms with Gasteiger partial charge in [0.25, 0.3) is 0 Å². The first-order valence-electron chi connectivity index (χ1n) is 6.97. The van der Waals surface area contributed by atoms with E-state index in [1.165, 1.54) is 0 Å². The van der Waals surface area contributed by atoms with Gasteiger partial charge in [0.05, 0.1) is 7.11 Å². The summed E-state index contributed by atoms with van der Waals surface area (Å²) in [5.74, 6) is 1.25. The molecule has 2 unspecified atom stereocenters. The van der Waals surface area contributed by atoms with Crippen molar-refractivity contribution in [1.82, 2.24) is 0 Å². The minimum absolute atomic E-state index is 0.214. The van der Waals surface area contributed by atoms with E-state index in [0.717, 1.165) is 29.7 Å². The van der Waals surface area contributed by atoms with E-state index in [4.69, 9.17) is 15.2 Å². The Labute approximate surface area is 123 Å². The van der Waals surface area contributed by atoms with E-state index in [0.29, 0.717) is 19.0 Å². The molecule has 1 heterocycles. The van der Waals surface area contributed by atoms with E-state index in [1.54, 1.807) is 7.11 Å². The van der Waals surface area contributed by atoms with Gasteiger partial charge < -0.3 is 15.2 Å². The molecule has 20 heavy (non-hydrogen) atoms. The third-order valence-electron chi connectivity index (χ3n) is 3.67. The number of ether oxygens (including phenoxy) is 2. The van der Waals surface area contributed by atoms with Gasteiger partial charge >= 0.3 is 0 Å². The monoisotopic (exact) mass is 297 g/mol. The van der Waals surface area contributed by atoms with Gasteiger partial charge in [-0.3, -0.25) is 4.21 Å². The standard InChI is InChI=1S/C15H23NO3S/c1-11-3-4-15(18-2)13(9-11)14(16)10-20(17)12-5-7-19-8-6-12/h3-4,9,12,14H,5-8,10,16H2,1-2H3. The number of aryl methyl sites for hydroxylation is 1. The highest BCUT2D eigenvalue weighted by atomic mass is 32.2. The summed E-state index contributed by atoms with van der Waals surface area (Å²) >= 11 is 0. The Balaban J connectivity index is 2.05. The predicted molar refractivity (Wildman–Crippen MR) is 81.5 cm³/mol. The van der Waals surface area contributed by atoms with Crippen molar-refractivity contribution in [3.63, 3.8) is 0 Å². The van der Waals surface area contributed by atoms with Crippen LogP contribution in [0.3, 0.4) is 0 Å². The highest BCUT2D eigenvalue weighted by Crippen LogP contribution is 2.26. The number of hydrogen-bond acceptors (Lipinski definition) is 4. The van der Waals surface area contributed by atoms with Crippen LogP contribution in [0.1, 0.15) is 30.0 Å². The summed E-state index contributed by atoms with van der Waals surface area (Å²) in [5, 5.41) is 0.214. The van der Waals surface area contributed by atoms with Crippen LogP contribution in [0.4, 0.5) is 0 Å². The predicted octanol–water partition coefficient (Wildman–Crippen LogP) is 1.93. The van der Waals surface area contributed by atoms with Gasteiger partial charge in [0.1, 0.15) is 5.75 Å². The summed E-state index contributed by atoms with van der Waals surface area (Å²) in [6, 6.07) is 5.67. The van der Waals surface area contributed by atoms with Crippen molar-refractivity contribution < 1.29 is 13.7 Å². The Hall–Kier alpha value is -0.910. The first-order chi connectivity index (χ1) is 9.61. The maximum atomic E-state index is 12.4. The number of hydrogen-bond donors (Lipinski definition) is 1. The van der Waals surface area contributed by atoms with Crippen molar-refractivity contribution in [2.45, 2.75) is 31.1 Å². The van der Waals surface area contributed by atoms with Crippen LogP contribution in [0.25, 0.3) is 0 Å². The van der Waals surface area contributed by atoms with Gasteiger partial charge in [0.2, 0.25) is 0 Å². The molecule has 2 atom stereocenters. The van der Waals surface area contributed by atoms with Crippen LogP contribution in [-0.4, -0.2) is 35.5 Å². The Morgan fingerprint density at radius 3 is 2.80 bits per heavy atom. The molecule has 2 rings (SSSR count). The molecule has 0 amide bonds. The van der Waals surface area contributed by atoms with E-state index in [-0.39, 0.29) is 11.3 Å². The summed E-state index contributed by atoms with van der Waals surface area (Å²) < 4.78 is 23.1. The molecule has 0 bridgehead atoms. The second-order valence-electron chi connectivity index (χ2n) is 5.21. The van der Waals surface area contributed by atoms with Crippen molar-refractivity contribution in [2.24, 2.45) is 5.73 Å². The first kappa shape index (κ1) is 15.5. The molecule has 1 fully saturated rings. The van der Waals surface area contributed by atoms with Gasteiger partial charge in [-0.05, 0) is 25.8 Å². The zero-order chi connectivity index (χ0) is 14.5. The summed E-state index contributed by atoms with van der Waals surface area (Å²) in [7, 11) is 0.721. The zero-order valence-corrected chi connectivity index (χ0v) is 12.9. The fourth-order valence-electron chi connectivity index (χ4n) is 2.49. The van der Waals surface area contributed by atoms with Gasteiger partial charge in [0, 0.05) is 46.6 Å². The molecular formula is C15H23NO3S. The lowest BCUT2D eigenvalue weighted by molar-refractivity contribution is 0.0992. The van der Waals surface area contributed by atoms with E-state index >= 15 is 0 Å². The third kappa shape index (κ3) is 3.81. The lowest BCUT2D eigenvalue weighted by Gasteiger charge is -2.23. The average molecular weight is 297 g/mol. The van der Waals surface area contributed by atoms with Crippen LogP contribution < -0.4 is 10.5 Å². The summed E-state index contributed by atoms with van der Waals surface area (Å²) in [5.41, 5.74) is 8.31. The molecule has 1 aliphatic rings. The molecule has 0 radical (unpaired) electrons. The van der Waals surface area contributed by atoms with Gasteiger partial charge in [-0.2, -0.15) is 0 Å². The van der Waals surface area contributed by atoms with Crippen molar-refractivity contribution in [2.75, 3.05) is 26.1 Å². The molecule has 1 aromatic carbocycles. The Morgan fingerprint density at radius 1 is 1.45 bits per heavy atom. The van der Waals surface area contributed by atoms with E-state index in [1.807, 2.05) is 25.1 Å². The maximum absolute atomic E-state index is 12.4. The zero-order valence-electron chi connectivity index (χ0n) is 12.1. The minimum Gasteiger partial charge on any atom is -0.496 e. The average Bonchev–Trinajstić information content (AvgIpc) is 2.48. The van der Waals surface area contributed by atoms with Gasteiger partial charge in [-0.15, -0.1) is 0 Å². The molecule has 112 valence electrons. The van der Waals surface area contributed by atoms with E-state index in [9.17, 15) is 4.21 Å². The topological polar surface area (TPSA) is 61.5 Å². The smallest absolute Gasteiger partial charge is 0.123 e. The van der Waals surface area contributed by atoms with Crippen LogP contribution >= 0.6 is 0 Å². The lowest BCUT2D eigenvalue weighted by atomic mass is 10.1. The van der Waals surface area contributed by atoms with Crippen molar-refractivity contribution in [3.05, 3.63) is 29.3 Å². The van der Waals surface area contributed by atoms with Crippen LogP contribution in [0.2, 0.25) is 0 Å². The number of nitrogens with two attached hydrogens (primary N) is 1. The number of rotatable bonds is 5. The molecule has 1 aromatic rings. The van der Waals surface area contributed by atoms with Crippen LogP contribution in [0, 0.1) is 6.92 Å².